The normalized spacial score (nSPS) is 18.1. The summed E-state index contributed by atoms with van der Waals surface area (Å²) in [7, 11) is -3.05. The van der Waals surface area contributed by atoms with Crippen LogP contribution in [0.5, 0.6) is 0 Å². The van der Waals surface area contributed by atoms with Gasteiger partial charge in [-0.05, 0) is 48.3 Å². The van der Waals surface area contributed by atoms with Gasteiger partial charge >= 0.3 is 0 Å². The van der Waals surface area contributed by atoms with Gasteiger partial charge in [0.15, 0.2) is 9.84 Å². The Balaban J connectivity index is 1.42. The van der Waals surface area contributed by atoms with E-state index >= 15 is 0 Å². The zero-order valence-electron chi connectivity index (χ0n) is 14.7. The maximum absolute atomic E-state index is 12.5. The molecule has 9 heteroatoms. The van der Waals surface area contributed by atoms with E-state index in [1.165, 1.54) is 11.5 Å². The monoisotopic (exact) mass is 415 g/mol. The van der Waals surface area contributed by atoms with Gasteiger partial charge in [-0.2, -0.15) is 4.37 Å². The molecule has 1 atom stereocenters. The fraction of sp³-hybridized carbons (Fsp3) is 0.211. The first-order valence-electron chi connectivity index (χ1n) is 8.68. The van der Waals surface area contributed by atoms with E-state index < -0.39 is 9.84 Å². The van der Waals surface area contributed by atoms with Crippen LogP contribution in [-0.2, 0) is 9.84 Å². The third-order valence-electron chi connectivity index (χ3n) is 4.57. The van der Waals surface area contributed by atoms with Gasteiger partial charge in [0.05, 0.1) is 16.2 Å². The number of benzene rings is 2. The van der Waals surface area contributed by atoms with Gasteiger partial charge in [-0.15, -0.1) is 0 Å². The molecule has 28 heavy (non-hydrogen) atoms. The third kappa shape index (κ3) is 3.90. The number of amides is 2. The van der Waals surface area contributed by atoms with E-state index in [-0.39, 0.29) is 29.4 Å². The first-order valence-corrected chi connectivity index (χ1v) is 11.3. The third-order valence-corrected chi connectivity index (χ3v) is 7.16. The molecule has 1 fully saturated rings. The lowest BCUT2D eigenvalue weighted by Crippen LogP contribution is -2.35. The Kier molecular flexibility index (Phi) is 4.86. The molecule has 3 aromatic rings. The van der Waals surface area contributed by atoms with E-state index in [1.54, 1.807) is 24.3 Å². The molecular formula is C19H17N3O4S2. The second-order valence-electron chi connectivity index (χ2n) is 6.63. The molecule has 2 aromatic carbocycles. The van der Waals surface area contributed by atoms with Crippen LogP contribution < -0.4 is 10.6 Å². The van der Waals surface area contributed by atoms with E-state index in [9.17, 15) is 18.0 Å². The summed E-state index contributed by atoms with van der Waals surface area (Å²) in [4.78, 5) is 24.8. The maximum atomic E-state index is 12.5. The number of anilines is 1. The van der Waals surface area contributed by atoms with Crippen molar-refractivity contribution in [3.8, 4) is 0 Å². The average molecular weight is 415 g/mol. The van der Waals surface area contributed by atoms with Crippen LogP contribution in [0.25, 0.3) is 10.1 Å². The molecule has 1 saturated heterocycles. The Bertz CT molecular complexity index is 1150. The second kappa shape index (κ2) is 7.33. The van der Waals surface area contributed by atoms with Crippen LogP contribution in [0, 0.1) is 0 Å². The van der Waals surface area contributed by atoms with Crippen LogP contribution in [0.15, 0.2) is 48.5 Å². The standard InChI is InChI=1S/C19H17N3O4S2/c23-18(21-14-9-10-28(25,26)11-14)12-5-7-13(8-6-12)20-19(24)17-15-3-1-2-4-16(15)27-22-17/h1-8,14H,9-11H2,(H,20,24)(H,21,23)/t14-/m0/s1. The van der Waals surface area contributed by atoms with Crippen LogP contribution in [0.3, 0.4) is 0 Å². The number of hydrogen-bond donors (Lipinski definition) is 2. The second-order valence-corrected chi connectivity index (χ2v) is 9.67. The first-order chi connectivity index (χ1) is 13.4. The van der Waals surface area contributed by atoms with Gasteiger partial charge < -0.3 is 10.6 Å². The number of aromatic nitrogens is 1. The topological polar surface area (TPSA) is 105 Å². The van der Waals surface area contributed by atoms with Crippen LogP contribution in [-0.4, -0.2) is 42.2 Å². The van der Waals surface area contributed by atoms with Crippen molar-refractivity contribution in [2.45, 2.75) is 12.5 Å². The summed E-state index contributed by atoms with van der Waals surface area (Å²) in [6.07, 6.45) is 0.434. The molecule has 2 N–H and O–H groups in total. The largest absolute Gasteiger partial charge is 0.348 e. The smallest absolute Gasteiger partial charge is 0.276 e. The summed E-state index contributed by atoms with van der Waals surface area (Å²) in [5, 5.41) is 6.32. The highest BCUT2D eigenvalue weighted by Gasteiger charge is 2.29. The highest BCUT2D eigenvalue weighted by molar-refractivity contribution is 7.91. The zero-order valence-corrected chi connectivity index (χ0v) is 16.3. The molecule has 1 aliphatic heterocycles. The maximum Gasteiger partial charge on any atom is 0.276 e. The molecule has 2 amide bonds. The van der Waals surface area contributed by atoms with Gasteiger partial charge in [0.2, 0.25) is 0 Å². The van der Waals surface area contributed by atoms with E-state index in [4.69, 9.17) is 0 Å². The van der Waals surface area contributed by atoms with Gasteiger partial charge in [0, 0.05) is 22.7 Å². The molecule has 7 nitrogen and oxygen atoms in total. The van der Waals surface area contributed by atoms with Crippen molar-refractivity contribution in [1.29, 1.82) is 0 Å². The highest BCUT2D eigenvalue weighted by atomic mass is 32.2. The lowest BCUT2D eigenvalue weighted by molar-refractivity contribution is 0.0940. The number of hydrogen-bond acceptors (Lipinski definition) is 6. The summed E-state index contributed by atoms with van der Waals surface area (Å²) in [6, 6.07) is 13.6. The SMILES string of the molecule is O=C(N[C@H]1CCS(=O)(=O)C1)c1ccc(NC(=O)c2nsc3ccccc23)cc1. The van der Waals surface area contributed by atoms with E-state index in [0.717, 1.165) is 10.1 Å². The minimum Gasteiger partial charge on any atom is -0.348 e. The predicted molar refractivity (Wildman–Crippen MR) is 109 cm³/mol. The number of sulfone groups is 1. The van der Waals surface area contributed by atoms with Gasteiger partial charge in [0.25, 0.3) is 11.8 Å². The summed E-state index contributed by atoms with van der Waals surface area (Å²) in [5.74, 6) is -0.556. The van der Waals surface area contributed by atoms with Crippen molar-refractivity contribution >= 4 is 49.0 Å². The fourth-order valence-corrected chi connectivity index (χ4v) is 5.57. The Hall–Kier alpha value is -2.78. The predicted octanol–water partition coefficient (Wildman–Crippen LogP) is 2.47. The molecule has 0 unspecified atom stereocenters. The summed E-state index contributed by atoms with van der Waals surface area (Å²) < 4.78 is 28.1. The lowest BCUT2D eigenvalue weighted by atomic mass is 10.1. The van der Waals surface area contributed by atoms with Crippen LogP contribution in [0.1, 0.15) is 27.3 Å². The number of carbonyl (C=O) groups excluding carboxylic acids is 2. The fourth-order valence-electron chi connectivity index (χ4n) is 3.12. The van der Waals surface area contributed by atoms with E-state index in [1.807, 2.05) is 24.3 Å². The average Bonchev–Trinajstić information content (AvgIpc) is 3.25. The Morgan fingerprint density at radius 1 is 1.04 bits per heavy atom. The lowest BCUT2D eigenvalue weighted by Gasteiger charge is -2.11. The quantitative estimate of drug-likeness (QED) is 0.681. The highest BCUT2D eigenvalue weighted by Crippen LogP contribution is 2.23. The van der Waals surface area contributed by atoms with Gasteiger partial charge in [-0.25, -0.2) is 8.42 Å². The molecule has 0 saturated carbocycles. The molecule has 0 radical (unpaired) electrons. The zero-order chi connectivity index (χ0) is 19.7. The van der Waals surface area contributed by atoms with Crippen molar-refractivity contribution in [2.75, 3.05) is 16.8 Å². The first kappa shape index (κ1) is 18.6. The molecule has 1 aliphatic rings. The Labute approximate surface area is 165 Å². The Morgan fingerprint density at radius 2 is 1.79 bits per heavy atom. The van der Waals surface area contributed by atoms with Crippen molar-refractivity contribution in [2.24, 2.45) is 0 Å². The number of rotatable bonds is 4. The molecule has 144 valence electrons. The number of nitrogens with one attached hydrogen (secondary N) is 2. The van der Waals surface area contributed by atoms with E-state index in [0.29, 0.717) is 23.4 Å². The van der Waals surface area contributed by atoms with Crippen LogP contribution in [0.2, 0.25) is 0 Å². The number of fused-ring (bicyclic) bond motifs is 1. The molecule has 2 heterocycles. The molecule has 1 aromatic heterocycles. The van der Waals surface area contributed by atoms with Gasteiger partial charge in [-0.1, -0.05) is 18.2 Å². The van der Waals surface area contributed by atoms with Crippen LogP contribution in [0.4, 0.5) is 5.69 Å². The molecule has 0 aliphatic carbocycles. The number of nitrogens with zero attached hydrogens (tertiary/aromatic N) is 1. The molecule has 0 spiro atoms. The van der Waals surface area contributed by atoms with E-state index in [2.05, 4.69) is 15.0 Å². The molecule has 4 rings (SSSR count). The van der Waals surface area contributed by atoms with Gasteiger partial charge in [-0.3, -0.25) is 9.59 Å². The molecular weight excluding hydrogens is 398 g/mol. The van der Waals surface area contributed by atoms with Crippen LogP contribution >= 0.6 is 11.5 Å². The summed E-state index contributed by atoms with van der Waals surface area (Å²) >= 11 is 1.27. The van der Waals surface area contributed by atoms with Crippen molar-refractivity contribution in [1.82, 2.24) is 9.69 Å². The van der Waals surface area contributed by atoms with Crippen molar-refractivity contribution in [3.05, 3.63) is 59.8 Å². The van der Waals surface area contributed by atoms with Crippen molar-refractivity contribution in [3.63, 3.8) is 0 Å². The minimum absolute atomic E-state index is 0.0194. The summed E-state index contributed by atoms with van der Waals surface area (Å²) in [6.45, 7) is 0. The number of carbonyl (C=O) groups is 2. The van der Waals surface area contributed by atoms with Crippen molar-refractivity contribution < 1.29 is 18.0 Å². The molecule has 0 bridgehead atoms. The Morgan fingerprint density at radius 3 is 2.50 bits per heavy atom. The van der Waals surface area contributed by atoms with Gasteiger partial charge in [0.1, 0.15) is 5.69 Å². The summed E-state index contributed by atoms with van der Waals surface area (Å²) in [5.41, 5.74) is 1.31. The minimum atomic E-state index is -3.05.